The molecule has 0 amide bonds. The lowest BCUT2D eigenvalue weighted by Gasteiger charge is -2.15. The predicted octanol–water partition coefficient (Wildman–Crippen LogP) is 0.413. The van der Waals surface area contributed by atoms with Gasteiger partial charge in [-0.25, -0.2) is 0 Å². The van der Waals surface area contributed by atoms with Crippen LogP contribution in [0.25, 0.3) is 0 Å². The first kappa shape index (κ1) is 12.7. The number of aliphatic hydroxyl groups excluding tert-OH is 1. The van der Waals surface area contributed by atoms with Crippen LogP contribution >= 0.6 is 0 Å². The van der Waals surface area contributed by atoms with Gasteiger partial charge in [0.1, 0.15) is 11.9 Å². The smallest absolute Gasteiger partial charge is 0.189 e. The molecule has 6 nitrogen and oxygen atoms in total. The second-order valence-electron chi connectivity index (χ2n) is 2.93. The molecule has 0 saturated heterocycles. The fourth-order valence-corrected chi connectivity index (χ4v) is 1.15. The normalized spacial score (nSPS) is 12.2. The largest absolute Gasteiger partial charge is 0.493 e. The van der Waals surface area contributed by atoms with Crippen LogP contribution in [0.15, 0.2) is 12.3 Å². The van der Waals surface area contributed by atoms with E-state index in [0.29, 0.717) is 18.1 Å². The zero-order chi connectivity index (χ0) is 12.0. The number of nitrogens with zero attached hydrogens (tertiary/aromatic N) is 1. The van der Waals surface area contributed by atoms with Crippen LogP contribution in [-0.2, 0) is 4.74 Å². The first-order valence-corrected chi connectivity index (χ1v) is 4.87. The summed E-state index contributed by atoms with van der Waals surface area (Å²) < 4.78 is 15.4. The van der Waals surface area contributed by atoms with E-state index in [9.17, 15) is 5.11 Å². The van der Waals surface area contributed by atoms with Crippen molar-refractivity contribution in [1.82, 2.24) is 4.98 Å². The lowest BCUT2D eigenvalue weighted by molar-refractivity contribution is 0.0182. The summed E-state index contributed by atoms with van der Waals surface area (Å²) in [5.41, 5.74) is 5.58. The molecule has 0 aliphatic heterocycles. The van der Waals surface area contributed by atoms with Gasteiger partial charge in [-0.1, -0.05) is 0 Å². The molecule has 0 aliphatic rings. The molecule has 1 aromatic rings. The number of hydrogen-bond donors (Lipinski definition) is 2. The van der Waals surface area contributed by atoms with E-state index in [2.05, 4.69) is 4.98 Å². The van der Waals surface area contributed by atoms with Crippen molar-refractivity contribution in [3.63, 3.8) is 0 Å². The standard InChI is InChI=1S/C10H16N2O4/c1-3-15-6-16-9-7(14-2)4-5-12-8(9)10(11)13/h4-5,10,13H,3,6,11H2,1-2H3. The van der Waals surface area contributed by atoms with E-state index in [-0.39, 0.29) is 12.5 Å². The van der Waals surface area contributed by atoms with E-state index in [1.165, 1.54) is 13.3 Å². The summed E-state index contributed by atoms with van der Waals surface area (Å²) in [6.45, 7) is 2.43. The van der Waals surface area contributed by atoms with Crippen molar-refractivity contribution in [2.24, 2.45) is 5.73 Å². The van der Waals surface area contributed by atoms with E-state index in [4.69, 9.17) is 19.9 Å². The molecule has 0 saturated carbocycles. The van der Waals surface area contributed by atoms with Crippen LogP contribution in [0.5, 0.6) is 11.5 Å². The van der Waals surface area contributed by atoms with Gasteiger partial charge in [-0.3, -0.25) is 4.98 Å². The molecule has 1 atom stereocenters. The van der Waals surface area contributed by atoms with Crippen molar-refractivity contribution in [1.29, 1.82) is 0 Å². The molecule has 1 heterocycles. The Kier molecular flexibility index (Phi) is 4.97. The third-order valence-electron chi connectivity index (χ3n) is 1.89. The van der Waals surface area contributed by atoms with Crippen LogP contribution in [0.1, 0.15) is 18.8 Å². The topological polar surface area (TPSA) is 86.8 Å². The fraction of sp³-hybridized carbons (Fsp3) is 0.500. The monoisotopic (exact) mass is 228 g/mol. The fourth-order valence-electron chi connectivity index (χ4n) is 1.15. The molecular weight excluding hydrogens is 212 g/mol. The van der Waals surface area contributed by atoms with E-state index in [1.807, 2.05) is 6.92 Å². The Morgan fingerprint density at radius 1 is 1.56 bits per heavy atom. The van der Waals surface area contributed by atoms with Gasteiger partial charge in [0.05, 0.1) is 7.11 Å². The Labute approximate surface area is 94.0 Å². The van der Waals surface area contributed by atoms with Gasteiger partial charge in [-0.2, -0.15) is 0 Å². The number of nitrogens with two attached hydrogens (primary N) is 1. The summed E-state index contributed by atoms with van der Waals surface area (Å²) in [6, 6.07) is 1.62. The van der Waals surface area contributed by atoms with Crippen molar-refractivity contribution in [3.05, 3.63) is 18.0 Å². The molecule has 3 N–H and O–H groups in total. The third kappa shape index (κ3) is 3.06. The van der Waals surface area contributed by atoms with Crippen molar-refractivity contribution in [3.8, 4) is 11.5 Å². The highest BCUT2D eigenvalue weighted by Crippen LogP contribution is 2.31. The first-order valence-electron chi connectivity index (χ1n) is 4.87. The summed E-state index contributed by atoms with van der Waals surface area (Å²) in [6.07, 6.45) is 0.268. The zero-order valence-corrected chi connectivity index (χ0v) is 9.34. The van der Waals surface area contributed by atoms with Gasteiger partial charge in [0, 0.05) is 18.9 Å². The highest BCUT2D eigenvalue weighted by atomic mass is 16.7. The van der Waals surface area contributed by atoms with Gasteiger partial charge in [0.25, 0.3) is 0 Å². The molecule has 0 fully saturated rings. The molecule has 0 bridgehead atoms. The minimum absolute atomic E-state index is 0.0538. The maximum Gasteiger partial charge on any atom is 0.189 e. The molecular formula is C10H16N2O4. The molecule has 0 radical (unpaired) electrons. The maximum absolute atomic E-state index is 9.32. The minimum atomic E-state index is -1.22. The molecule has 1 rings (SSSR count). The number of ether oxygens (including phenoxy) is 3. The minimum Gasteiger partial charge on any atom is -0.493 e. The zero-order valence-electron chi connectivity index (χ0n) is 9.34. The number of hydrogen-bond acceptors (Lipinski definition) is 6. The third-order valence-corrected chi connectivity index (χ3v) is 1.89. The molecule has 6 heteroatoms. The van der Waals surface area contributed by atoms with Crippen molar-refractivity contribution in [2.75, 3.05) is 20.5 Å². The van der Waals surface area contributed by atoms with Crippen LogP contribution < -0.4 is 15.2 Å². The van der Waals surface area contributed by atoms with Crippen LogP contribution in [0, 0.1) is 0 Å². The molecule has 0 aromatic carbocycles. The van der Waals surface area contributed by atoms with Crippen LogP contribution in [0.2, 0.25) is 0 Å². The molecule has 1 unspecified atom stereocenters. The molecule has 1 aromatic heterocycles. The van der Waals surface area contributed by atoms with Crippen LogP contribution in [-0.4, -0.2) is 30.6 Å². The molecule has 0 spiro atoms. The van der Waals surface area contributed by atoms with Gasteiger partial charge in [0.2, 0.25) is 0 Å². The SMILES string of the molecule is CCOCOc1c(OC)ccnc1C(N)O. The first-order chi connectivity index (χ1) is 7.70. The number of methoxy groups -OCH3 is 1. The molecule has 16 heavy (non-hydrogen) atoms. The highest BCUT2D eigenvalue weighted by Gasteiger charge is 2.16. The number of aromatic nitrogens is 1. The Morgan fingerprint density at radius 2 is 2.31 bits per heavy atom. The van der Waals surface area contributed by atoms with E-state index >= 15 is 0 Å². The lowest BCUT2D eigenvalue weighted by Crippen LogP contribution is -2.14. The Hall–Kier alpha value is -1.37. The average Bonchev–Trinajstić information content (AvgIpc) is 2.29. The summed E-state index contributed by atoms with van der Waals surface area (Å²) in [7, 11) is 1.50. The van der Waals surface area contributed by atoms with Gasteiger partial charge in [0.15, 0.2) is 18.3 Å². The second-order valence-corrected chi connectivity index (χ2v) is 2.93. The average molecular weight is 228 g/mol. The number of aliphatic hydroxyl groups is 1. The van der Waals surface area contributed by atoms with Gasteiger partial charge < -0.3 is 25.1 Å². The van der Waals surface area contributed by atoms with Gasteiger partial charge >= 0.3 is 0 Å². The second kappa shape index (κ2) is 6.26. The van der Waals surface area contributed by atoms with E-state index in [1.54, 1.807) is 6.07 Å². The maximum atomic E-state index is 9.32. The van der Waals surface area contributed by atoms with Gasteiger partial charge in [-0.15, -0.1) is 0 Å². The number of pyridine rings is 1. The summed E-state index contributed by atoms with van der Waals surface area (Å²) in [5.74, 6) is 0.752. The van der Waals surface area contributed by atoms with Crippen molar-refractivity contribution >= 4 is 0 Å². The van der Waals surface area contributed by atoms with E-state index in [0.717, 1.165) is 0 Å². The Bertz CT molecular complexity index is 331. The predicted molar refractivity (Wildman–Crippen MR) is 57.1 cm³/mol. The lowest BCUT2D eigenvalue weighted by atomic mass is 10.3. The Morgan fingerprint density at radius 3 is 2.88 bits per heavy atom. The van der Waals surface area contributed by atoms with E-state index < -0.39 is 6.23 Å². The van der Waals surface area contributed by atoms with Crippen molar-refractivity contribution in [2.45, 2.75) is 13.2 Å². The van der Waals surface area contributed by atoms with Crippen LogP contribution in [0.3, 0.4) is 0 Å². The quantitative estimate of drug-likeness (QED) is 0.541. The highest BCUT2D eigenvalue weighted by molar-refractivity contribution is 5.43. The summed E-state index contributed by atoms with van der Waals surface area (Å²) >= 11 is 0. The van der Waals surface area contributed by atoms with Crippen LogP contribution in [0.4, 0.5) is 0 Å². The molecule has 90 valence electrons. The Balaban J connectivity index is 2.91. The summed E-state index contributed by atoms with van der Waals surface area (Å²) in [4.78, 5) is 3.93. The van der Waals surface area contributed by atoms with Gasteiger partial charge in [-0.05, 0) is 6.92 Å². The van der Waals surface area contributed by atoms with Crippen molar-refractivity contribution < 1.29 is 19.3 Å². The number of rotatable bonds is 6. The molecule has 0 aliphatic carbocycles. The summed E-state index contributed by atoms with van der Waals surface area (Å²) in [5, 5.41) is 9.32.